The summed E-state index contributed by atoms with van der Waals surface area (Å²) in [6.45, 7) is 5.46. The Hall–Kier alpha value is -3.49. The quantitative estimate of drug-likeness (QED) is 0.472. The molecule has 0 unspecified atom stereocenters. The molecule has 0 bridgehead atoms. The van der Waals surface area contributed by atoms with Gasteiger partial charge in [-0.1, -0.05) is 6.92 Å². The lowest BCUT2D eigenvalue weighted by molar-refractivity contribution is -0.151. The smallest absolute Gasteiger partial charge is 0.336 e. The van der Waals surface area contributed by atoms with E-state index in [-0.39, 0.29) is 18.1 Å². The molecule has 1 aromatic rings. The molecule has 3 rings (SSSR count). The first-order valence-corrected chi connectivity index (χ1v) is 11.0. The van der Waals surface area contributed by atoms with Crippen molar-refractivity contribution >= 4 is 17.7 Å². The molecule has 34 heavy (non-hydrogen) atoms. The minimum Gasteiger partial charge on any atom is -0.496 e. The van der Waals surface area contributed by atoms with Crippen molar-refractivity contribution in [1.82, 2.24) is 5.32 Å². The second-order valence-corrected chi connectivity index (χ2v) is 8.21. The predicted molar refractivity (Wildman–Crippen MR) is 123 cm³/mol. The standard InChI is InChI=1S/C25H31NO8/c1-8-34-25(29)20-13(3)26-15-9-12(2)19(24(28)33-7)23(27)22(15)21(20)14-10-17(31-5)18(32-6)11-16(14)30-4/h10-12,19,21,26H,8-9H2,1-7H3/t12-,19-,21-/m0/s1. The molecule has 1 heterocycles. The molecule has 2 aliphatic rings. The van der Waals surface area contributed by atoms with Crippen LogP contribution >= 0.6 is 0 Å². The number of rotatable bonds is 7. The Morgan fingerprint density at radius 1 is 1.03 bits per heavy atom. The average Bonchev–Trinajstić information content (AvgIpc) is 2.81. The van der Waals surface area contributed by atoms with E-state index >= 15 is 0 Å². The van der Waals surface area contributed by atoms with Gasteiger partial charge in [-0.25, -0.2) is 4.79 Å². The SMILES string of the molecule is CCOC(=O)C1=C(C)NC2=C(C(=O)[C@@H](C(=O)OC)[C@@H](C)C2)[C@H]1c1cc(OC)c(OC)cc1OC. The molecule has 1 N–H and O–H groups in total. The summed E-state index contributed by atoms with van der Waals surface area (Å²) in [5.41, 5.74) is 2.31. The summed E-state index contributed by atoms with van der Waals surface area (Å²) in [7, 11) is 5.75. The van der Waals surface area contributed by atoms with Gasteiger partial charge < -0.3 is 29.0 Å². The number of hydrogen-bond acceptors (Lipinski definition) is 9. The Balaban J connectivity index is 2.32. The molecule has 0 saturated heterocycles. The molecule has 184 valence electrons. The molecule has 0 aromatic heterocycles. The topological polar surface area (TPSA) is 109 Å². The summed E-state index contributed by atoms with van der Waals surface area (Å²) in [6, 6.07) is 3.32. The molecule has 9 nitrogen and oxygen atoms in total. The molecule has 1 aliphatic carbocycles. The summed E-state index contributed by atoms with van der Waals surface area (Å²) in [5, 5.41) is 3.22. The number of allylic oxidation sites excluding steroid dienone is 3. The van der Waals surface area contributed by atoms with Crippen LogP contribution in [-0.2, 0) is 23.9 Å². The van der Waals surface area contributed by atoms with Crippen molar-refractivity contribution in [3.05, 3.63) is 40.2 Å². The maximum atomic E-state index is 13.8. The summed E-state index contributed by atoms with van der Waals surface area (Å²) in [5.74, 6) is -2.46. The summed E-state index contributed by atoms with van der Waals surface area (Å²) >= 11 is 0. The third-order valence-electron chi connectivity index (χ3n) is 6.29. The lowest BCUT2D eigenvalue weighted by Gasteiger charge is -2.38. The van der Waals surface area contributed by atoms with E-state index in [2.05, 4.69) is 5.32 Å². The maximum absolute atomic E-state index is 13.8. The Labute approximate surface area is 199 Å². The number of hydrogen-bond donors (Lipinski definition) is 1. The van der Waals surface area contributed by atoms with Crippen LogP contribution < -0.4 is 19.5 Å². The Kier molecular flexibility index (Phi) is 7.54. The highest BCUT2D eigenvalue weighted by Crippen LogP contribution is 2.49. The van der Waals surface area contributed by atoms with E-state index in [9.17, 15) is 14.4 Å². The number of nitrogens with one attached hydrogen (secondary N) is 1. The molecule has 0 radical (unpaired) electrons. The van der Waals surface area contributed by atoms with E-state index < -0.39 is 29.6 Å². The van der Waals surface area contributed by atoms with Crippen molar-refractivity contribution in [2.24, 2.45) is 11.8 Å². The van der Waals surface area contributed by atoms with Crippen LogP contribution in [0.15, 0.2) is 34.7 Å². The highest BCUT2D eigenvalue weighted by molar-refractivity contribution is 6.12. The molecule has 1 aliphatic heterocycles. The highest BCUT2D eigenvalue weighted by atomic mass is 16.5. The van der Waals surface area contributed by atoms with Gasteiger partial charge in [0.2, 0.25) is 0 Å². The molecule has 9 heteroatoms. The van der Waals surface area contributed by atoms with Gasteiger partial charge in [0.15, 0.2) is 17.3 Å². The van der Waals surface area contributed by atoms with Crippen LogP contribution in [0.4, 0.5) is 0 Å². The minimum atomic E-state index is -0.985. The third kappa shape index (κ3) is 4.22. The number of dihydropyridines is 1. The fourth-order valence-electron chi connectivity index (χ4n) is 4.75. The lowest BCUT2D eigenvalue weighted by atomic mass is 9.69. The monoisotopic (exact) mass is 473 g/mol. The molecule has 0 fully saturated rings. The van der Waals surface area contributed by atoms with Gasteiger partial charge in [-0.3, -0.25) is 9.59 Å². The average molecular weight is 474 g/mol. The first kappa shape index (κ1) is 25.1. The number of ketones is 1. The molecule has 0 spiro atoms. The van der Waals surface area contributed by atoms with Gasteiger partial charge in [-0.2, -0.15) is 0 Å². The summed E-state index contributed by atoms with van der Waals surface area (Å²) in [6.07, 6.45) is 0.431. The fraction of sp³-hybridized carbons (Fsp3) is 0.480. The van der Waals surface area contributed by atoms with Crippen molar-refractivity contribution in [3.8, 4) is 17.2 Å². The number of carbonyl (C=O) groups excluding carboxylic acids is 3. The van der Waals surface area contributed by atoms with Crippen LogP contribution in [0.1, 0.15) is 38.7 Å². The molecular weight excluding hydrogens is 442 g/mol. The highest BCUT2D eigenvalue weighted by Gasteiger charge is 2.48. The Bertz CT molecular complexity index is 1070. The second kappa shape index (κ2) is 10.2. The zero-order chi connectivity index (χ0) is 25.2. The van der Waals surface area contributed by atoms with Gasteiger partial charge in [-0.15, -0.1) is 0 Å². The van der Waals surface area contributed by atoms with Gasteiger partial charge in [0.1, 0.15) is 11.7 Å². The van der Waals surface area contributed by atoms with Crippen LogP contribution in [0, 0.1) is 11.8 Å². The van der Waals surface area contributed by atoms with Gasteiger partial charge in [0, 0.05) is 28.6 Å². The van der Waals surface area contributed by atoms with Crippen LogP contribution in [0.3, 0.4) is 0 Å². The van der Waals surface area contributed by atoms with Gasteiger partial charge in [0.05, 0.1) is 46.5 Å². The molecule has 0 amide bonds. The number of ether oxygens (including phenoxy) is 5. The normalized spacial score (nSPS) is 22.0. The summed E-state index contributed by atoms with van der Waals surface area (Å²) in [4.78, 5) is 39.5. The fourth-order valence-corrected chi connectivity index (χ4v) is 4.75. The number of benzene rings is 1. The van der Waals surface area contributed by atoms with Crippen LogP contribution in [0.2, 0.25) is 0 Å². The van der Waals surface area contributed by atoms with Crippen LogP contribution in [0.25, 0.3) is 0 Å². The van der Waals surface area contributed by atoms with E-state index in [4.69, 9.17) is 23.7 Å². The van der Waals surface area contributed by atoms with Gasteiger partial charge in [-0.05, 0) is 32.3 Å². The van der Waals surface area contributed by atoms with Crippen molar-refractivity contribution in [2.45, 2.75) is 33.1 Å². The lowest BCUT2D eigenvalue weighted by Crippen LogP contribution is -2.43. The molecule has 1 aromatic carbocycles. The maximum Gasteiger partial charge on any atom is 0.336 e. The van der Waals surface area contributed by atoms with Crippen molar-refractivity contribution in [3.63, 3.8) is 0 Å². The van der Waals surface area contributed by atoms with Crippen LogP contribution in [0.5, 0.6) is 17.2 Å². The van der Waals surface area contributed by atoms with E-state index in [1.54, 1.807) is 26.0 Å². The second-order valence-electron chi connectivity index (χ2n) is 8.21. The number of methoxy groups -OCH3 is 4. The minimum absolute atomic E-state index is 0.160. The van der Waals surface area contributed by atoms with Crippen molar-refractivity contribution < 1.29 is 38.1 Å². The first-order chi connectivity index (χ1) is 16.2. The number of carbonyl (C=O) groups is 3. The van der Waals surface area contributed by atoms with E-state index in [1.165, 1.54) is 28.4 Å². The van der Waals surface area contributed by atoms with E-state index in [1.807, 2.05) is 6.92 Å². The molecular formula is C25H31NO8. The largest absolute Gasteiger partial charge is 0.496 e. The van der Waals surface area contributed by atoms with Crippen LogP contribution in [-0.4, -0.2) is 52.8 Å². The van der Waals surface area contributed by atoms with Crippen molar-refractivity contribution in [2.75, 3.05) is 35.0 Å². The first-order valence-electron chi connectivity index (χ1n) is 11.0. The molecule has 3 atom stereocenters. The zero-order valence-corrected chi connectivity index (χ0v) is 20.6. The zero-order valence-electron chi connectivity index (χ0n) is 20.6. The Morgan fingerprint density at radius 3 is 2.21 bits per heavy atom. The van der Waals surface area contributed by atoms with E-state index in [0.29, 0.717) is 46.2 Å². The van der Waals surface area contributed by atoms with Crippen molar-refractivity contribution in [1.29, 1.82) is 0 Å². The van der Waals surface area contributed by atoms with Gasteiger partial charge in [0.25, 0.3) is 0 Å². The predicted octanol–water partition coefficient (Wildman–Crippen LogP) is 2.89. The van der Waals surface area contributed by atoms with E-state index in [0.717, 1.165) is 0 Å². The third-order valence-corrected chi connectivity index (χ3v) is 6.29. The molecule has 0 saturated carbocycles. The summed E-state index contributed by atoms with van der Waals surface area (Å²) < 4.78 is 26.8. The number of esters is 2. The van der Waals surface area contributed by atoms with Gasteiger partial charge >= 0.3 is 11.9 Å². The Morgan fingerprint density at radius 2 is 1.65 bits per heavy atom. The number of Topliss-reactive ketones (excluding diaryl/α,β-unsaturated/α-hetero) is 1.